The largest absolute Gasteiger partial charge is 0.480 e. The first-order chi connectivity index (χ1) is 12.0. The van der Waals surface area contributed by atoms with Crippen LogP contribution < -0.4 is 4.31 Å². The van der Waals surface area contributed by atoms with Gasteiger partial charge >= 0.3 is 5.97 Å². The highest BCUT2D eigenvalue weighted by Gasteiger charge is 2.30. The Kier molecular flexibility index (Phi) is 5.53. The summed E-state index contributed by atoms with van der Waals surface area (Å²) in [6, 6.07) is 7.71. The molecule has 1 N–H and O–H groups in total. The summed E-state index contributed by atoms with van der Waals surface area (Å²) < 4.78 is 26.8. The monoisotopic (exact) mass is 398 g/mol. The molecule has 138 valence electrons. The number of rotatable bonds is 6. The molecular formula is C16H15ClN2O6S. The van der Waals surface area contributed by atoms with E-state index in [1.54, 1.807) is 13.0 Å². The van der Waals surface area contributed by atoms with E-state index in [-0.39, 0.29) is 21.2 Å². The second kappa shape index (κ2) is 7.30. The fourth-order valence-electron chi connectivity index (χ4n) is 2.27. The molecular weight excluding hydrogens is 384 g/mol. The number of anilines is 1. The van der Waals surface area contributed by atoms with Crippen molar-refractivity contribution in [3.8, 4) is 0 Å². The highest BCUT2D eigenvalue weighted by molar-refractivity contribution is 7.93. The van der Waals surface area contributed by atoms with E-state index >= 15 is 0 Å². The van der Waals surface area contributed by atoms with E-state index in [0.29, 0.717) is 9.87 Å². The molecule has 0 radical (unpaired) electrons. The van der Waals surface area contributed by atoms with Crippen molar-refractivity contribution < 1.29 is 23.2 Å². The van der Waals surface area contributed by atoms with Crippen molar-refractivity contribution in [3.63, 3.8) is 0 Å². The fourth-order valence-corrected chi connectivity index (χ4v) is 4.10. The van der Waals surface area contributed by atoms with Gasteiger partial charge in [-0.3, -0.25) is 19.2 Å². The van der Waals surface area contributed by atoms with Gasteiger partial charge in [-0.25, -0.2) is 8.42 Å². The minimum Gasteiger partial charge on any atom is -0.480 e. The summed E-state index contributed by atoms with van der Waals surface area (Å²) >= 11 is 6.03. The van der Waals surface area contributed by atoms with Gasteiger partial charge in [0.15, 0.2) is 0 Å². The number of carbonyl (C=O) groups is 1. The molecule has 0 heterocycles. The molecule has 0 aliphatic carbocycles. The first kappa shape index (κ1) is 19.7. The van der Waals surface area contributed by atoms with Gasteiger partial charge in [-0.2, -0.15) is 0 Å². The van der Waals surface area contributed by atoms with Crippen LogP contribution in [0.3, 0.4) is 0 Å². The van der Waals surface area contributed by atoms with Crippen LogP contribution >= 0.6 is 11.6 Å². The molecule has 8 nitrogen and oxygen atoms in total. The predicted molar refractivity (Wildman–Crippen MR) is 96.2 cm³/mol. The second-order valence-electron chi connectivity index (χ2n) is 5.55. The average molecular weight is 399 g/mol. The highest BCUT2D eigenvalue weighted by atomic mass is 35.5. The van der Waals surface area contributed by atoms with E-state index in [0.717, 1.165) is 6.07 Å². The van der Waals surface area contributed by atoms with Gasteiger partial charge in [0.25, 0.3) is 15.7 Å². The smallest absolute Gasteiger partial charge is 0.324 e. The number of carboxylic acid groups (broad SMARTS) is 1. The van der Waals surface area contributed by atoms with Crippen molar-refractivity contribution in [1.82, 2.24) is 0 Å². The molecule has 0 amide bonds. The summed E-state index contributed by atoms with van der Waals surface area (Å²) in [6.07, 6.45) is 0. The maximum Gasteiger partial charge on any atom is 0.324 e. The third-order valence-electron chi connectivity index (χ3n) is 3.67. The molecule has 2 aromatic carbocycles. The summed E-state index contributed by atoms with van der Waals surface area (Å²) in [5.41, 5.74) is 0.583. The van der Waals surface area contributed by atoms with Crippen LogP contribution in [0.25, 0.3) is 0 Å². The molecule has 0 spiro atoms. The number of hydrogen-bond donors (Lipinski definition) is 1. The Labute approximate surface area is 154 Å². The van der Waals surface area contributed by atoms with Crippen LogP contribution in [-0.2, 0) is 14.8 Å². The molecule has 0 bridgehead atoms. The fraction of sp³-hybridized carbons (Fsp3) is 0.188. The maximum absolute atomic E-state index is 13.1. The molecule has 0 atom stereocenters. The molecule has 0 unspecified atom stereocenters. The van der Waals surface area contributed by atoms with Gasteiger partial charge < -0.3 is 5.11 Å². The Hall–Kier alpha value is -2.65. The van der Waals surface area contributed by atoms with Crippen molar-refractivity contribution in [2.45, 2.75) is 18.7 Å². The number of sulfonamides is 1. The molecule has 2 aromatic rings. The van der Waals surface area contributed by atoms with Crippen LogP contribution in [0.15, 0.2) is 41.3 Å². The Morgan fingerprint density at radius 3 is 2.35 bits per heavy atom. The molecule has 0 aliphatic heterocycles. The zero-order chi connectivity index (χ0) is 19.6. The average Bonchev–Trinajstić information content (AvgIpc) is 2.55. The third-order valence-corrected chi connectivity index (χ3v) is 6.00. The minimum absolute atomic E-state index is 0.0499. The van der Waals surface area contributed by atoms with Crippen LogP contribution in [0, 0.1) is 24.0 Å². The van der Waals surface area contributed by atoms with Crippen LogP contribution in [0.1, 0.15) is 11.1 Å². The SMILES string of the molecule is Cc1ccc(N(CC(=O)O)S(=O)(=O)c2cc([N+](=O)[O-])ccc2C)cc1Cl. The lowest BCUT2D eigenvalue weighted by Gasteiger charge is -2.24. The highest BCUT2D eigenvalue weighted by Crippen LogP contribution is 2.30. The minimum atomic E-state index is -4.38. The van der Waals surface area contributed by atoms with E-state index in [1.165, 1.54) is 31.2 Å². The van der Waals surface area contributed by atoms with Gasteiger partial charge in [0.1, 0.15) is 6.54 Å². The molecule has 0 aliphatic rings. The summed E-state index contributed by atoms with van der Waals surface area (Å²) in [4.78, 5) is 21.1. The lowest BCUT2D eigenvalue weighted by atomic mass is 10.2. The standard InChI is InChI=1S/C16H15ClN2O6S/c1-10-3-5-12(7-14(10)17)18(9-16(20)21)26(24,25)15-8-13(19(22)23)6-4-11(15)2/h3-8H,9H2,1-2H3,(H,20,21). The van der Waals surface area contributed by atoms with Crippen molar-refractivity contribution >= 4 is 39.0 Å². The molecule has 0 aromatic heterocycles. The number of hydrogen-bond acceptors (Lipinski definition) is 5. The molecule has 26 heavy (non-hydrogen) atoms. The number of aryl methyl sites for hydroxylation is 2. The van der Waals surface area contributed by atoms with Crippen molar-refractivity contribution in [1.29, 1.82) is 0 Å². The van der Waals surface area contributed by atoms with Crippen molar-refractivity contribution in [2.75, 3.05) is 10.8 Å². The van der Waals surface area contributed by atoms with Gasteiger partial charge in [0, 0.05) is 17.2 Å². The van der Waals surface area contributed by atoms with Crippen LogP contribution in [0.5, 0.6) is 0 Å². The summed E-state index contributed by atoms with van der Waals surface area (Å²) in [6.45, 7) is 2.33. The van der Waals surface area contributed by atoms with E-state index in [4.69, 9.17) is 16.7 Å². The molecule has 0 saturated heterocycles. The zero-order valence-electron chi connectivity index (χ0n) is 13.8. The number of aliphatic carboxylic acids is 1. The van der Waals surface area contributed by atoms with Crippen LogP contribution in [0.2, 0.25) is 5.02 Å². The number of nitrogens with zero attached hydrogens (tertiary/aromatic N) is 2. The quantitative estimate of drug-likeness (QED) is 0.589. The number of nitro benzene ring substituents is 1. The van der Waals surface area contributed by atoms with E-state index < -0.39 is 33.1 Å². The Morgan fingerprint density at radius 2 is 1.81 bits per heavy atom. The first-order valence-electron chi connectivity index (χ1n) is 7.29. The number of benzene rings is 2. The van der Waals surface area contributed by atoms with Crippen molar-refractivity contribution in [3.05, 3.63) is 62.7 Å². The molecule has 0 fully saturated rings. The molecule has 10 heteroatoms. The summed E-state index contributed by atoms with van der Waals surface area (Å²) in [5.74, 6) is -1.38. The molecule has 0 saturated carbocycles. The zero-order valence-corrected chi connectivity index (χ0v) is 15.4. The number of carboxylic acids is 1. The predicted octanol–water partition coefficient (Wildman–Crippen LogP) is 3.14. The number of halogens is 1. The Bertz CT molecular complexity index is 990. The number of nitro groups is 1. The van der Waals surface area contributed by atoms with Gasteiger partial charge in [-0.05, 0) is 37.1 Å². The first-order valence-corrected chi connectivity index (χ1v) is 9.11. The van der Waals surface area contributed by atoms with E-state index in [9.17, 15) is 23.3 Å². The van der Waals surface area contributed by atoms with Gasteiger partial charge in [0.2, 0.25) is 0 Å². The number of non-ortho nitro benzene ring substituents is 1. The van der Waals surface area contributed by atoms with Gasteiger partial charge in [0.05, 0.1) is 15.5 Å². The third kappa shape index (κ3) is 3.94. The lowest BCUT2D eigenvalue weighted by molar-refractivity contribution is -0.385. The Balaban J connectivity index is 2.67. The maximum atomic E-state index is 13.1. The molecule has 2 rings (SSSR count). The van der Waals surface area contributed by atoms with Crippen LogP contribution in [-0.4, -0.2) is 31.0 Å². The van der Waals surface area contributed by atoms with E-state index in [1.807, 2.05) is 0 Å². The Morgan fingerprint density at radius 1 is 1.19 bits per heavy atom. The van der Waals surface area contributed by atoms with Gasteiger partial charge in [-0.1, -0.05) is 23.7 Å². The van der Waals surface area contributed by atoms with Gasteiger partial charge in [-0.15, -0.1) is 0 Å². The van der Waals surface area contributed by atoms with Crippen LogP contribution in [0.4, 0.5) is 11.4 Å². The summed E-state index contributed by atoms with van der Waals surface area (Å²) in [7, 11) is -4.38. The summed E-state index contributed by atoms with van der Waals surface area (Å²) in [5, 5.41) is 20.4. The van der Waals surface area contributed by atoms with Crippen molar-refractivity contribution in [2.24, 2.45) is 0 Å². The normalized spacial score (nSPS) is 11.2. The second-order valence-corrected chi connectivity index (χ2v) is 7.78. The topological polar surface area (TPSA) is 118 Å². The lowest BCUT2D eigenvalue weighted by Crippen LogP contribution is -2.36. The van der Waals surface area contributed by atoms with E-state index in [2.05, 4.69) is 0 Å².